The molecule has 0 aliphatic carbocycles. The summed E-state index contributed by atoms with van der Waals surface area (Å²) in [6.07, 6.45) is 37.9. The van der Waals surface area contributed by atoms with Gasteiger partial charge in [0, 0.05) is 6.42 Å². The van der Waals surface area contributed by atoms with Crippen LogP contribution in [0.15, 0.2) is 24.3 Å². The van der Waals surface area contributed by atoms with Crippen LogP contribution >= 0.6 is 7.82 Å². The van der Waals surface area contributed by atoms with Crippen molar-refractivity contribution in [1.29, 1.82) is 0 Å². The van der Waals surface area contributed by atoms with Gasteiger partial charge in [0.25, 0.3) is 7.82 Å². The van der Waals surface area contributed by atoms with Gasteiger partial charge in [-0.3, -0.25) is 9.36 Å². The summed E-state index contributed by atoms with van der Waals surface area (Å²) >= 11 is 0. The molecule has 0 spiro atoms. The van der Waals surface area contributed by atoms with E-state index in [1.54, 1.807) is 6.08 Å². The molecule has 8 nitrogen and oxygen atoms in total. The van der Waals surface area contributed by atoms with Crippen LogP contribution in [0.25, 0.3) is 0 Å². The lowest BCUT2D eigenvalue weighted by Gasteiger charge is -2.29. The predicted molar refractivity (Wildman–Crippen MR) is 210 cm³/mol. The Labute approximate surface area is 309 Å². The van der Waals surface area contributed by atoms with Gasteiger partial charge in [-0.2, -0.15) is 0 Å². The molecule has 0 saturated carbocycles. The van der Waals surface area contributed by atoms with Gasteiger partial charge >= 0.3 is 0 Å². The minimum Gasteiger partial charge on any atom is -0.756 e. The molecule has 0 heterocycles. The molecule has 0 bridgehead atoms. The van der Waals surface area contributed by atoms with Crippen molar-refractivity contribution in [2.24, 2.45) is 0 Å². The number of nitrogens with zero attached hydrogens (tertiary/aromatic N) is 1. The monoisotopic (exact) mass is 729 g/mol. The number of rotatable bonds is 37. The van der Waals surface area contributed by atoms with E-state index in [0.29, 0.717) is 17.4 Å². The Kier molecular flexibility index (Phi) is 33.1. The molecule has 0 aliphatic heterocycles. The van der Waals surface area contributed by atoms with Gasteiger partial charge in [0.05, 0.1) is 39.9 Å². The van der Waals surface area contributed by atoms with Crippen LogP contribution in [0.2, 0.25) is 0 Å². The number of phosphoric ester groups is 1. The van der Waals surface area contributed by atoms with Crippen molar-refractivity contribution in [1.82, 2.24) is 5.32 Å². The van der Waals surface area contributed by atoms with Crippen LogP contribution in [0.5, 0.6) is 0 Å². The number of carbonyl (C=O) groups is 1. The number of phosphoric acid groups is 1. The molecule has 0 aliphatic rings. The summed E-state index contributed by atoms with van der Waals surface area (Å²) < 4.78 is 23.1. The van der Waals surface area contributed by atoms with Crippen molar-refractivity contribution in [3.8, 4) is 0 Å². The molecule has 3 atom stereocenters. The summed E-state index contributed by atoms with van der Waals surface area (Å²) in [7, 11) is 1.25. The smallest absolute Gasteiger partial charge is 0.268 e. The molecule has 0 saturated heterocycles. The maximum atomic E-state index is 12.8. The number of hydrogen-bond donors (Lipinski definition) is 2. The van der Waals surface area contributed by atoms with E-state index < -0.39 is 20.0 Å². The number of hydrogen-bond acceptors (Lipinski definition) is 6. The first-order valence-corrected chi connectivity index (χ1v) is 22.2. The van der Waals surface area contributed by atoms with E-state index in [1.807, 2.05) is 27.2 Å². The number of aliphatic hydroxyl groups is 1. The first kappa shape index (κ1) is 49.0. The molecule has 2 N–H and O–H groups in total. The number of aliphatic hydroxyl groups excluding tert-OH is 1. The molecular weight excluding hydrogens is 647 g/mol. The van der Waals surface area contributed by atoms with Crippen LogP contribution in [0.3, 0.4) is 0 Å². The number of carbonyl (C=O) groups excluding carboxylic acids is 1. The van der Waals surface area contributed by atoms with E-state index in [0.717, 1.165) is 51.4 Å². The lowest BCUT2D eigenvalue weighted by molar-refractivity contribution is -0.870. The summed E-state index contributed by atoms with van der Waals surface area (Å²) in [6.45, 7) is 4.61. The number of likely N-dealkylation sites (N-methyl/N-ethyl adjacent to an activating group) is 1. The van der Waals surface area contributed by atoms with Crippen molar-refractivity contribution < 1.29 is 32.9 Å². The van der Waals surface area contributed by atoms with Crippen LogP contribution < -0.4 is 10.2 Å². The summed E-state index contributed by atoms with van der Waals surface area (Å²) in [5.41, 5.74) is 0. The van der Waals surface area contributed by atoms with Gasteiger partial charge in [-0.25, -0.2) is 0 Å². The number of quaternary nitrogens is 1. The van der Waals surface area contributed by atoms with Crippen molar-refractivity contribution in [3.05, 3.63) is 24.3 Å². The lowest BCUT2D eigenvalue weighted by atomic mass is 10.0. The van der Waals surface area contributed by atoms with Crippen molar-refractivity contribution in [2.75, 3.05) is 40.9 Å². The highest BCUT2D eigenvalue weighted by molar-refractivity contribution is 7.45. The fraction of sp³-hybridized carbons (Fsp3) is 0.878. The van der Waals surface area contributed by atoms with E-state index >= 15 is 0 Å². The molecule has 0 fully saturated rings. The molecule has 1 amide bonds. The molecule has 0 aromatic carbocycles. The first-order valence-electron chi connectivity index (χ1n) is 20.7. The third-order valence-corrected chi connectivity index (χ3v) is 10.1. The standard InChI is InChI=1S/C41H81N2O6P/c1-6-8-10-12-14-16-18-20-21-23-24-26-28-30-32-34-40(44)39(38-49-50(46,47)48-37-36-43(3,4)5)42-41(45)35-33-31-29-27-25-22-19-17-15-13-11-9-7-2/h22,25,32,34,39-40,44H,6-21,23-24,26-31,33,35-38H2,1-5H3,(H-,42,45,46,47)/b25-22-,34-32+. The Morgan fingerprint density at radius 1 is 0.680 bits per heavy atom. The predicted octanol–water partition coefficient (Wildman–Crippen LogP) is 10.3. The molecule has 50 heavy (non-hydrogen) atoms. The molecule has 3 unspecified atom stereocenters. The quantitative estimate of drug-likeness (QED) is 0.0285. The van der Waals surface area contributed by atoms with Gasteiger partial charge in [-0.1, -0.05) is 154 Å². The number of allylic oxidation sites excluding steroid dienone is 3. The molecule has 296 valence electrons. The number of unbranched alkanes of at least 4 members (excludes halogenated alkanes) is 22. The van der Waals surface area contributed by atoms with Crippen molar-refractivity contribution >= 4 is 13.7 Å². The van der Waals surface area contributed by atoms with E-state index in [4.69, 9.17) is 9.05 Å². The van der Waals surface area contributed by atoms with Gasteiger partial charge in [0.1, 0.15) is 13.2 Å². The normalized spacial score (nSPS) is 14.8. The highest BCUT2D eigenvalue weighted by Crippen LogP contribution is 2.38. The highest BCUT2D eigenvalue weighted by atomic mass is 31.2. The largest absolute Gasteiger partial charge is 0.756 e. The van der Waals surface area contributed by atoms with Gasteiger partial charge in [0.15, 0.2) is 0 Å². The van der Waals surface area contributed by atoms with Crippen LogP contribution in [-0.2, 0) is 18.4 Å². The van der Waals surface area contributed by atoms with Crippen molar-refractivity contribution in [2.45, 2.75) is 193 Å². The maximum absolute atomic E-state index is 12.8. The zero-order valence-corrected chi connectivity index (χ0v) is 34.2. The third-order valence-electron chi connectivity index (χ3n) is 9.16. The molecule has 0 aromatic rings. The molecule has 0 radical (unpaired) electrons. The van der Waals surface area contributed by atoms with Gasteiger partial charge in [-0.05, 0) is 44.9 Å². The van der Waals surface area contributed by atoms with Crippen LogP contribution in [-0.4, -0.2) is 68.5 Å². The zero-order valence-electron chi connectivity index (χ0n) is 33.4. The second-order valence-electron chi connectivity index (χ2n) is 15.3. The Morgan fingerprint density at radius 3 is 1.56 bits per heavy atom. The van der Waals surface area contributed by atoms with E-state index in [1.165, 1.54) is 109 Å². The second-order valence-corrected chi connectivity index (χ2v) is 16.8. The highest BCUT2D eigenvalue weighted by Gasteiger charge is 2.23. The zero-order chi connectivity index (χ0) is 37.2. The van der Waals surface area contributed by atoms with Gasteiger partial charge in [0.2, 0.25) is 5.91 Å². The van der Waals surface area contributed by atoms with Crippen LogP contribution in [0, 0.1) is 0 Å². The first-order chi connectivity index (χ1) is 24.0. The van der Waals surface area contributed by atoms with Crippen LogP contribution in [0.1, 0.15) is 181 Å². The Bertz CT molecular complexity index is 876. The molecule has 0 rings (SSSR count). The summed E-state index contributed by atoms with van der Waals surface area (Å²) in [4.78, 5) is 25.2. The number of nitrogens with one attached hydrogen (secondary N) is 1. The van der Waals surface area contributed by atoms with Crippen molar-refractivity contribution in [3.63, 3.8) is 0 Å². The minimum absolute atomic E-state index is 0.00286. The molecule has 0 aromatic heterocycles. The Hall–Kier alpha value is -1.02. The average Bonchev–Trinajstić information content (AvgIpc) is 3.06. The third kappa shape index (κ3) is 35.4. The van der Waals surface area contributed by atoms with E-state index in [-0.39, 0.29) is 19.1 Å². The summed E-state index contributed by atoms with van der Waals surface area (Å²) in [5, 5.41) is 13.7. The van der Waals surface area contributed by atoms with Gasteiger partial charge < -0.3 is 28.8 Å². The number of amides is 1. The SMILES string of the molecule is CCCCCCCC/C=C\CCCCCC(=O)NC(COP(=O)([O-])OCC[N+](C)(C)C)C(O)/C=C/CCCCCCCCCCCCCCC. The summed E-state index contributed by atoms with van der Waals surface area (Å²) in [6, 6.07) is -0.889. The lowest BCUT2D eigenvalue weighted by Crippen LogP contribution is -2.45. The van der Waals surface area contributed by atoms with E-state index in [2.05, 4.69) is 31.3 Å². The Morgan fingerprint density at radius 2 is 1.10 bits per heavy atom. The molecule has 9 heteroatoms. The van der Waals surface area contributed by atoms with E-state index in [9.17, 15) is 19.4 Å². The average molecular weight is 729 g/mol. The fourth-order valence-electron chi connectivity index (χ4n) is 5.79. The fourth-order valence-corrected chi connectivity index (χ4v) is 6.52. The minimum atomic E-state index is -4.58. The summed E-state index contributed by atoms with van der Waals surface area (Å²) in [5.74, 6) is -0.215. The van der Waals surface area contributed by atoms with Crippen LogP contribution in [0.4, 0.5) is 0 Å². The second kappa shape index (κ2) is 33.8. The maximum Gasteiger partial charge on any atom is 0.268 e. The topological polar surface area (TPSA) is 108 Å². The molecular formula is C41H81N2O6P. The van der Waals surface area contributed by atoms with Gasteiger partial charge in [-0.15, -0.1) is 0 Å². The Balaban J connectivity index is 4.51.